The van der Waals surface area contributed by atoms with Crippen molar-refractivity contribution in [3.8, 4) is 0 Å². The van der Waals surface area contributed by atoms with Gasteiger partial charge in [0.05, 0.1) is 0 Å². The van der Waals surface area contributed by atoms with Crippen molar-refractivity contribution in [1.82, 2.24) is 9.80 Å². The van der Waals surface area contributed by atoms with Crippen LogP contribution in [0.2, 0.25) is 0 Å². The Labute approximate surface area is 358 Å². The summed E-state index contributed by atoms with van der Waals surface area (Å²) in [5.41, 5.74) is 0. The van der Waals surface area contributed by atoms with Crippen LogP contribution in [0.1, 0.15) is 310 Å². The van der Waals surface area contributed by atoms with E-state index in [9.17, 15) is 0 Å². The number of hydrogen-bond donors (Lipinski definition) is 0. The molecule has 0 aromatic rings. The summed E-state index contributed by atoms with van der Waals surface area (Å²) in [7, 11) is 0. The van der Waals surface area contributed by atoms with Crippen molar-refractivity contribution in [2.24, 2.45) is 0 Å². The van der Waals surface area contributed by atoms with Gasteiger partial charge in [-0.1, -0.05) is 272 Å². The van der Waals surface area contributed by atoms with Gasteiger partial charge in [0.2, 0.25) is 0 Å². The van der Waals surface area contributed by atoms with E-state index in [0.717, 1.165) is 0 Å². The van der Waals surface area contributed by atoms with Gasteiger partial charge >= 0.3 is 0 Å². The maximum atomic E-state index is 2.89. The summed E-state index contributed by atoms with van der Waals surface area (Å²) in [6.07, 6.45) is 63.8. The maximum absolute atomic E-state index is 2.89. The Kier molecular flexibility index (Phi) is 51.0. The minimum atomic E-state index is 1.36. The second-order valence-corrected chi connectivity index (χ2v) is 18.8. The minimum absolute atomic E-state index is 1.36. The van der Waals surface area contributed by atoms with E-state index in [-0.39, 0.29) is 0 Å². The fraction of sp³-hybridized carbons (Fsp3) is 1.00. The molecule has 0 fully saturated rings. The molecule has 338 valence electrons. The number of nitrogens with zero attached hydrogens (tertiary/aromatic N) is 2. The molecule has 0 saturated heterocycles. The molecule has 0 aliphatic rings. The van der Waals surface area contributed by atoms with Gasteiger partial charge in [-0.25, -0.2) is 0 Å². The van der Waals surface area contributed by atoms with Gasteiger partial charge < -0.3 is 9.80 Å². The summed E-state index contributed by atoms with van der Waals surface area (Å²) in [6, 6.07) is 0. The fourth-order valence-electron chi connectivity index (χ4n) is 8.99. The Morgan fingerprint density at radius 2 is 0.250 bits per heavy atom. The fourth-order valence-corrected chi connectivity index (χ4v) is 8.99. The number of rotatable bonds is 51. The normalized spacial score (nSPS) is 11.9. The lowest BCUT2D eigenvalue weighted by Crippen LogP contribution is -2.28. The lowest BCUT2D eigenvalue weighted by molar-refractivity contribution is 0.244. The van der Waals surface area contributed by atoms with E-state index < -0.39 is 0 Å². The van der Waals surface area contributed by atoms with Gasteiger partial charge in [-0.15, -0.1) is 0 Å². The summed E-state index contributed by atoms with van der Waals surface area (Å²) in [6.45, 7) is 17.5. The van der Waals surface area contributed by atoms with Crippen LogP contribution in [-0.4, -0.2) is 49.1 Å². The smallest absolute Gasteiger partial charge is 0.00187 e. The second-order valence-electron chi connectivity index (χ2n) is 18.8. The lowest BCUT2D eigenvalue weighted by atomic mass is 10.1. The molecule has 0 aliphatic carbocycles. The minimum Gasteiger partial charge on any atom is -0.303 e. The summed E-state index contributed by atoms with van der Waals surface area (Å²) >= 11 is 0. The molecule has 0 aromatic heterocycles. The third-order valence-corrected chi connectivity index (χ3v) is 13.0. The van der Waals surface area contributed by atoms with Crippen LogP contribution in [0.4, 0.5) is 0 Å². The first kappa shape index (κ1) is 55.9. The topological polar surface area (TPSA) is 6.48 Å². The van der Waals surface area contributed by atoms with Crippen molar-refractivity contribution in [2.45, 2.75) is 310 Å². The van der Waals surface area contributed by atoms with Crippen LogP contribution < -0.4 is 0 Å². The molecule has 0 spiro atoms. The van der Waals surface area contributed by atoms with E-state index in [0.29, 0.717) is 0 Å². The largest absolute Gasteiger partial charge is 0.303 e. The predicted octanol–water partition coefficient (Wildman–Crippen LogP) is 18.8. The SMILES string of the molecule is CCCCCCCCCCCCN(CCCCCCCCCCCC)CCCCCCN(CCCCCCCCCCCC)CCCCCCCCCCCC. The molecule has 56 heavy (non-hydrogen) atoms. The molecule has 2 heteroatoms. The Hall–Kier alpha value is -0.0800. The van der Waals surface area contributed by atoms with Gasteiger partial charge in [-0.2, -0.15) is 0 Å². The van der Waals surface area contributed by atoms with Gasteiger partial charge in [0.25, 0.3) is 0 Å². The van der Waals surface area contributed by atoms with Crippen LogP contribution in [-0.2, 0) is 0 Å². The molecule has 0 amide bonds. The Morgan fingerprint density at radius 1 is 0.143 bits per heavy atom. The molecule has 0 rings (SSSR count). The molecule has 0 heterocycles. The van der Waals surface area contributed by atoms with Crippen LogP contribution in [0.5, 0.6) is 0 Å². The summed E-state index contributed by atoms with van der Waals surface area (Å²) in [5, 5.41) is 0. The van der Waals surface area contributed by atoms with Crippen molar-refractivity contribution in [3.63, 3.8) is 0 Å². The average molecular weight is 790 g/mol. The molecular formula is C54H112N2. The first-order chi connectivity index (χ1) is 27.8. The summed E-state index contributed by atoms with van der Waals surface area (Å²) in [4.78, 5) is 5.77. The van der Waals surface area contributed by atoms with Gasteiger partial charge in [0.15, 0.2) is 0 Å². The highest BCUT2D eigenvalue weighted by Crippen LogP contribution is 2.16. The van der Waals surface area contributed by atoms with E-state index in [4.69, 9.17) is 0 Å². The van der Waals surface area contributed by atoms with Crippen molar-refractivity contribution >= 4 is 0 Å². The van der Waals surface area contributed by atoms with Crippen molar-refractivity contribution in [3.05, 3.63) is 0 Å². The molecule has 0 saturated carbocycles. The molecule has 0 aromatic carbocycles. The first-order valence-electron chi connectivity index (χ1n) is 27.2. The monoisotopic (exact) mass is 789 g/mol. The molecule has 0 unspecified atom stereocenters. The van der Waals surface area contributed by atoms with E-state index in [1.54, 1.807) is 0 Å². The molecule has 0 N–H and O–H groups in total. The van der Waals surface area contributed by atoms with Crippen LogP contribution >= 0.6 is 0 Å². The molecule has 2 nitrogen and oxygen atoms in total. The highest BCUT2D eigenvalue weighted by Gasteiger charge is 2.08. The Morgan fingerprint density at radius 3 is 0.375 bits per heavy atom. The zero-order valence-corrected chi connectivity index (χ0v) is 40.2. The van der Waals surface area contributed by atoms with E-state index in [2.05, 4.69) is 37.5 Å². The van der Waals surface area contributed by atoms with E-state index in [1.807, 2.05) is 0 Å². The molecule has 0 radical (unpaired) electrons. The molecular weight excluding hydrogens is 677 g/mol. The van der Waals surface area contributed by atoms with Gasteiger partial charge in [-0.3, -0.25) is 0 Å². The summed E-state index contributed by atoms with van der Waals surface area (Å²) in [5.74, 6) is 0. The number of unbranched alkanes of at least 4 members (excludes halogenated alkanes) is 39. The van der Waals surface area contributed by atoms with E-state index >= 15 is 0 Å². The predicted molar refractivity (Wildman–Crippen MR) is 259 cm³/mol. The van der Waals surface area contributed by atoms with Gasteiger partial charge in [0.1, 0.15) is 0 Å². The zero-order valence-electron chi connectivity index (χ0n) is 40.2. The van der Waals surface area contributed by atoms with Crippen LogP contribution in [0, 0.1) is 0 Å². The highest BCUT2D eigenvalue weighted by atomic mass is 15.1. The number of hydrogen-bond acceptors (Lipinski definition) is 2. The lowest BCUT2D eigenvalue weighted by Gasteiger charge is -2.23. The molecule has 0 atom stereocenters. The molecule has 0 aliphatic heterocycles. The molecule has 0 bridgehead atoms. The third-order valence-electron chi connectivity index (χ3n) is 13.0. The van der Waals surface area contributed by atoms with Gasteiger partial charge in [0, 0.05) is 0 Å². The first-order valence-corrected chi connectivity index (χ1v) is 27.2. The maximum Gasteiger partial charge on any atom is -0.00187 e. The highest BCUT2D eigenvalue weighted by molar-refractivity contribution is 4.63. The zero-order chi connectivity index (χ0) is 40.5. The Balaban J connectivity index is 4.48. The quantitative estimate of drug-likeness (QED) is 0.0567. The third kappa shape index (κ3) is 46.6. The average Bonchev–Trinajstić information content (AvgIpc) is 3.21. The van der Waals surface area contributed by atoms with Crippen LogP contribution in [0.15, 0.2) is 0 Å². The van der Waals surface area contributed by atoms with Crippen molar-refractivity contribution in [2.75, 3.05) is 39.3 Å². The second kappa shape index (κ2) is 51.1. The van der Waals surface area contributed by atoms with Crippen LogP contribution in [0.3, 0.4) is 0 Å². The summed E-state index contributed by atoms with van der Waals surface area (Å²) < 4.78 is 0. The van der Waals surface area contributed by atoms with E-state index in [1.165, 1.54) is 322 Å². The van der Waals surface area contributed by atoms with Crippen molar-refractivity contribution < 1.29 is 0 Å². The van der Waals surface area contributed by atoms with Crippen LogP contribution in [0.25, 0.3) is 0 Å². The Bertz CT molecular complexity index is 559. The standard InChI is InChI=1S/C54H112N2/c1-5-9-13-17-21-25-29-33-37-43-49-55(50-44-38-34-30-26-22-18-14-10-6-2)53-47-41-42-48-54-56(51-45-39-35-31-27-23-19-15-11-7-3)52-46-40-36-32-28-24-20-16-12-8-4/h5-54H2,1-4H3. The van der Waals surface area contributed by atoms with Crippen molar-refractivity contribution in [1.29, 1.82) is 0 Å². The van der Waals surface area contributed by atoms with Gasteiger partial charge in [-0.05, 0) is 77.8 Å².